The fourth-order valence-electron chi connectivity index (χ4n) is 4.68. The van der Waals surface area contributed by atoms with Crippen LogP contribution < -0.4 is 5.73 Å². The van der Waals surface area contributed by atoms with E-state index < -0.39 is 17.6 Å². The number of aromatic nitrogens is 1. The molecule has 0 bridgehead atoms. The fourth-order valence-corrected chi connectivity index (χ4v) is 4.68. The summed E-state index contributed by atoms with van der Waals surface area (Å²) in [5, 5.41) is 0. The normalized spacial score (nSPS) is 18.2. The van der Waals surface area contributed by atoms with Crippen LogP contribution in [0.3, 0.4) is 0 Å². The molecule has 6 nitrogen and oxygen atoms in total. The van der Waals surface area contributed by atoms with Gasteiger partial charge in [-0.15, -0.1) is 0 Å². The number of amides is 2. The van der Waals surface area contributed by atoms with Gasteiger partial charge in [-0.3, -0.25) is 14.6 Å². The maximum absolute atomic E-state index is 13.4. The number of primary amides is 1. The van der Waals surface area contributed by atoms with Gasteiger partial charge in [-0.05, 0) is 62.5 Å². The third kappa shape index (κ3) is 4.48. The van der Waals surface area contributed by atoms with Crippen LogP contribution in [0, 0.1) is 0 Å². The lowest BCUT2D eigenvalue weighted by atomic mass is 9.94. The van der Waals surface area contributed by atoms with E-state index in [0.717, 1.165) is 38.1 Å². The molecule has 1 aromatic heterocycles. The molecule has 0 radical (unpaired) electrons. The fraction of sp³-hybridized carbons (Fsp3) is 0.435. The van der Waals surface area contributed by atoms with Crippen molar-refractivity contribution in [1.82, 2.24) is 14.8 Å². The van der Waals surface area contributed by atoms with Crippen molar-refractivity contribution in [2.24, 2.45) is 5.73 Å². The van der Waals surface area contributed by atoms with Gasteiger partial charge in [0.25, 0.3) is 11.8 Å². The average Bonchev–Trinajstić information content (AvgIpc) is 3.33. The Hall–Kier alpha value is -2.94. The van der Waals surface area contributed by atoms with E-state index in [1.165, 1.54) is 37.2 Å². The Morgan fingerprint density at radius 2 is 1.72 bits per heavy atom. The quantitative estimate of drug-likeness (QED) is 0.779. The summed E-state index contributed by atoms with van der Waals surface area (Å²) in [4.78, 5) is 33.5. The molecule has 0 spiro atoms. The van der Waals surface area contributed by atoms with Gasteiger partial charge in [0, 0.05) is 30.9 Å². The van der Waals surface area contributed by atoms with Crippen molar-refractivity contribution in [2.75, 3.05) is 26.2 Å². The zero-order chi connectivity index (χ0) is 22.9. The van der Waals surface area contributed by atoms with Gasteiger partial charge >= 0.3 is 6.18 Å². The maximum Gasteiger partial charge on any atom is 0.416 e. The second-order valence-electron chi connectivity index (χ2n) is 8.29. The SMILES string of the molecule is NC(=O)c1nccc(C(=O)N2CCC(N3CCCC3)CC2)c1-c1cccc(C(F)(F)F)c1. The number of hydrogen-bond donors (Lipinski definition) is 1. The highest BCUT2D eigenvalue weighted by Crippen LogP contribution is 2.35. The topological polar surface area (TPSA) is 79.5 Å². The molecule has 32 heavy (non-hydrogen) atoms. The lowest BCUT2D eigenvalue weighted by Crippen LogP contribution is -2.46. The van der Waals surface area contributed by atoms with Crippen molar-refractivity contribution in [3.63, 3.8) is 0 Å². The van der Waals surface area contributed by atoms with Crippen molar-refractivity contribution < 1.29 is 22.8 Å². The molecule has 2 amide bonds. The molecule has 1 aromatic carbocycles. The summed E-state index contributed by atoms with van der Waals surface area (Å²) < 4.78 is 39.8. The van der Waals surface area contributed by atoms with E-state index in [9.17, 15) is 22.8 Å². The van der Waals surface area contributed by atoms with Crippen LogP contribution >= 0.6 is 0 Å². The van der Waals surface area contributed by atoms with Crippen LogP contribution in [0.4, 0.5) is 13.2 Å². The van der Waals surface area contributed by atoms with E-state index in [2.05, 4.69) is 9.88 Å². The number of nitrogens with zero attached hydrogens (tertiary/aromatic N) is 3. The number of benzene rings is 1. The number of nitrogens with two attached hydrogens (primary N) is 1. The summed E-state index contributed by atoms with van der Waals surface area (Å²) in [6.45, 7) is 3.28. The van der Waals surface area contributed by atoms with E-state index in [1.54, 1.807) is 4.90 Å². The predicted octanol–water partition coefficient (Wildman–Crippen LogP) is 3.57. The zero-order valence-corrected chi connectivity index (χ0v) is 17.6. The van der Waals surface area contributed by atoms with E-state index in [0.29, 0.717) is 19.1 Å². The third-order valence-corrected chi connectivity index (χ3v) is 6.30. The Morgan fingerprint density at radius 1 is 1.03 bits per heavy atom. The van der Waals surface area contributed by atoms with E-state index in [4.69, 9.17) is 5.73 Å². The van der Waals surface area contributed by atoms with Crippen molar-refractivity contribution in [2.45, 2.75) is 37.9 Å². The van der Waals surface area contributed by atoms with Crippen LogP contribution in [0.2, 0.25) is 0 Å². The van der Waals surface area contributed by atoms with E-state index >= 15 is 0 Å². The number of carbonyl (C=O) groups is 2. The molecule has 2 N–H and O–H groups in total. The summed E-state index contributed by atoms with van der Waals surface area (Å²) in [5.41, 5.74) is 4.61. The number of alkyl halides is 3. The molecule has 3 heterocycles. The van der Waals surface area contributed by atoms with Gasteiger partial charge < -0.3 is 15.5 Å². The Morgan fingerprint density at radius 3 is 2.34 bits per heavy atom. The van der Waals surface area contributed by atoms with Gasteiger partial charge in [0.2, 0.25) is 0 Å². The average molecular weight is 446 g/mol. The molecule has 2 aliphatic rings. The van der Waals surface area contributed by atoms with Crippen LogP contribution in [0.5, 0.6) is 0 Å². The van der Waals surface area contributed by atoms with Crippen molar-refractivity contribution in [1.29, 1.82) is 0 Å². The van der Waals surface area contributed by atoms with Crippen molar-refractivity contribution in [3.8, 4) is 11.1 Å². The number of likely N-dealkylation sites (tertiary alicyclic amines) is 2. The van der Waals surface area contributed by atoms with Crippen LogP contribution in [0.15, 0.2) is 36.5 Å². The standard InChI is InChI=1S/C23H25F3N4O2/c24-23(25,26)16-5-3-4-15(14-16)19-18(6-9-28-20(19)21(27)31)22(32)30-12-7-17(8-13-30)29-10-1-2-11-29/h3-6,9,14,17H,1-2,7-8,10-13H2,(H2,27,31). The second kappa shape index (κ2) is 8.90. The van der Waals surface area contributed by atoms with Gasteiger partial charge in [-0.2, -0.15) is 13.2 Å². The van der Waals surface area contributed by atoms with E-state index in [-0.39, 0.29) is 28.3 Å². The Labute approximate surface area is 184 Å². The van der Waals surface area contributed by atoms with Crippen LogP contribution in [0.1, 0.15) is 52.1 Å². The third-order valence-electron chi connectivity index (χ3n) is 6.30. The molecule has 9 heteroatoms. The molecule has 0 saturated carbocycles. The summed E-state index contributed by atoms with van der Waals surface area (Å²) in [6.07, 6.45) is 0.823. The van der Waals surface area contributed by atoms with Gasteiger partial charge in [-0.1, -0.05) is 12.1 Å². The zero-order valence-electron chi connectivity index (χ0n) is 17.6. The Balaban J connectivity index is 1.66. The smallest absolute Gasteiger partial charge is 0.364 e. The number of halogens is 3. The van der Waals surface area contributed by atoms with Crippen molar-refractivity contribution >= 4 is 11.8 Å². The number of hydrogen-bond acceptors (Lipinski definition) is 4. The largest absolute Gasteiger partial charge is 0.416 e. The number of carbonyl (C=O) groups excluding carboxylic acids is 2. The minimum absolute atomic E-state index is 0.0396. The van der Waals surface area contributed by atoms with Gasteiger partial charge in [0.1, 0.15) is 5.69 Å². The molecule has 0 atom stereocenters. The lowest BCUT2D eigenvalue weighted by Gasteiger charge is -2.37. The Kier molecular flexibility index (Phi) is 6.19. The highest BCUT2D eigenvalue weighted by Gasteiger charge is 2.33. The number of piperidine rings is 1. The summed E-state index contributed by atoms with van der Waals surface area (Å²) in [6, 6.07) is 6.41. The minimum Gasteiger partial charge on any atom is -0.364 e. The molecular weight excluding hydrogens is 421 g/mol. The highest BCUT2D eigenvalue weighted by atomic mass is 19.4. The van der Waals surface area contributed by atoms with Gasteiger partial charge in [0.05, 0.1) is 11.1 Å². The molecule has 0 aliphatic carbocycles. The molecule has 2 fully saturated rings. The Bertz CT molecular complexity index is 1010. The molecule has 0 unspecified atom stereocenters. The van der Waals surface area contributed by atoms with Crippen LogP contribution in [-0.2, 0) is 6.18 Å². The molecule has 2 aromatic rings. The lowest BCUT2D eigenvalue weighted by molar-refractivity contribution is -0.137. The summed E-state index contributed by atoms with van der Waals surface area (Å²) in [5.74, 6) is -1.23. The van der Waals surface area contributed by atoms with Crippen LogP contribution in [-0.4, -0.2) is 58.8 Å². The van der Waals surface area contributed by atoms with Crippen LogP contribution in [0.25, 0.3) is 11.1 Å². The minimum atomic E-state index is -4.56. The maximum atomic E-state index is 13.4. The highest BCUT2D eigenvalue weighted by molar-refractivity contribution is 6.07. The first kappa shape index (κ1) is 22.3. The monoisotopic (exact) mass is 446 g/mol. The summed E-state index contributed by atoms with van der Waals surface area (Å²) >= 11 is 0. The summed E-state index contributed by atoms with van der Waals surface area (Å²) in [7, 11) is 0. The van der Waals surface area contributed by atoms with E-state index in [1.807, 2.05) is 0 Å². The second-order valence-corrected chi connectivity index (χ2v) is 8.29. The first-order chi connectivity index (χ1) is 15.3. The molecule has 2 aliphatic heterocycles. The first-order valence-electron chi connectivity index (χ1n) is 10.8. The van der Waals surface area contributed by atoms with Gasteiger partial charge in [-0.25, -0.2) is 0 Å². The van der Waals surface area contributed by atoms with Crippen molar-refractivity contribution in [3.05, 3.63) is 53.3 Å². The number of pyridine rings is 1. The molecule has 2 saturated heterocycles. The molecular formula is C23H25F3N4O2. The number of rotatable bonds is 4. The molecule has 4 rings (SSSR count). The first-order valence-corrected chi connectivity index (χ1v) is 10.8. The molecule has 170 valence electrons. The predicted molar refractivity (Wildman–Crippen MR) is 113 cm³/mol. The van der Waals surface area contributed by atoms with Gasteiger partial charge in [0.15, 0.2) is 0 Å².